The monoisotopic (exact) mass is 414 g/mol. The van der Waals surface area contributed by atoms with Gasteiger partial charge in [-0.25, -0.2) is 5.43 Å². The number of benzene rings is 1. The van der Waals surface area contributed by atoms with Gasteiger partial charge in [0.2, 0.25) is 5.91 Å². The second kappa shape index (κ2) is 18.9. The number of ether oxygens (including phenoxy) is 1. The third-order valence-electron chi connectivity index (χ3n) is 5.16. The van der Waals surface area contributed by atoms with Crippen molar-refractivity contribution in [1.29, 1.82) is 0 Å². The van der Waals surface area contributed by atoms with E-state index in [4.69, 9.17) is 4.74 Å². The Balaban J connectivity index is 1.94. The van der Waals surface area contributed by atoms with Crippen LogP contribution in [0.3, 0.4) is 0 Å². The zero-order chi connectivity index (χ0) is 21.7. The van der Waals surface area contributed by atoms with Crippen LogP contribution in [0.25, 0.3) is 0 Å². The van der Waals surface area contributed by atoms with E-state index in [1.165, 1.54) is 70.6 Å². The van der Waals surface area contributed by atoms with Crippen molar-refractivity contribution in [3.05, 3.63) is 42.5 Å². The number of carbonyl (C=O) groups is 1. The maximum atomic E-state index is 11.9. The summed E-state index contributed by atoms with van der Waals surface area (Å²) in [5, 5.41) is 4.03. The van der Waals surface area contributed by atoms with Crippen molar-refractivity contribution in [3.8, 4) is 5.75 Å². The molecule has 1 amide bonds. The van der Waals surface area contributed by atoms with Gasteiger partial charge in [-0.15, -0.1) is 0 Å². The van der Waals surface area contributed by atoms with Gasteiger partial charge in [0.25, 0.3) is 0 Å². The first-order chi connectivity index (χ1) is 14.8. The van der Waals surface area contributed by atoms with Crippen molar-refractivity contribution in [3.63, 3.8) is 0 Å². The Kier molecular flexibility index (Phi) is 16.3. The third-order valence-corrected chi connectivity index (χ3v) is 5.16. The largest absolute Gasteiger partial charge is 0.490 e. The molecule has 0 aromatic heterocycles. The molecule has 0 bridgehead atoms. The lowest BCUT2D eigenvalue weighted by Crippen LogP contribution is -2.16. The molecular formula is C26H42N2O2. The maximum absolute atomic E-state index is 11.9. The minimum atomic E-state index is -0.0136. The molecule has 0 aliphatic carbocycles. The van der Waals surface area contributed by atoms with Crippen LogP contribution in [-0.4, -0.2) is 18.7 Å². The van der Waals surface area contributed by atoms with Gasteiger partial charge in [0.1, 0.15) is 12.4 Å². The molecule has 0 saturated carbocycles. The molecule has 0 spiro atoms. The number of rotatable bonds is 19. The summed E-state index contributed by atoms with van der Waals surface area (Å²) in [5.41, 5.74) is 3.53. The van der Waals surface area contributed by atoms with Gasteiger partial charge >= 0.3 is 0 Å². The van der Waals surface area contributed by atoms with Crippen LogP contribution >= 0.6 is 0 Å². The Morgan fingerprint density at radius 3 is 1.97 bits per heavy atom. The molecule has 0 unspecified atom stereocenters. The summed E-state index contributed by atoms with van der Waals surface area (Å²) in [4.78, 5) is 11.9. The molecule has 1 N–H and O–H groups in total. The number of nitrogens with one attached hydrogen (secondary N) is 1. The van der Waals surface area contributed by atoms with Crippen molar-refractivity contribution < 1.29 is 9.53 Å². The minimum Gasteiger partial charge on any atom is -0.490 e. The maximum Gasteiger partial charge on any atom is 0.240 e. The predicted molar refractivity (Wildman–Crippen MR) is 128 cm³/mol. The molecule has 0 heterocycles. The average Bonchev–Trinajstić information content (AvgIpc) is 2.76. The number of hydrogen-bond acceptors (Lipinski definition) is 3. The van der Waals surface area contributed by atoms with E-state index >= 15 is 0 Å². The van der Waals surface area contributed by atoms with E-state index in [2.05, 4.69) is 24.0 Å². The lowest BCUT2D eigenvalue weighted by atomic mass is 10.0. The fourth-order valence-electron chi connectivity index (χ4n) is 3.34. The normalized spacial score (nSPS) is 11.0. The molecular weight excluding hydrogens is 372 g/mol. The molecule has 0 radical (unpaired) electrons. The second-order valence-electron chi connectivity index (χ2n) is 7.95. The summed E-state index contributed by atoms with van der Waals surface area (Å²) < 4.78 is 5.43. The highest BCUT2D eigenvalue weighted by molar-refractivity contribution is 5.82. The van der Waals surface area contributed by atoms with Crippen LogP contribution in [0, 0.1) is 0 Å². The molecule has 30 heavy (non-hydrogen) atoms. The Bertz CT molecular complexity index is 581. The summed E-state index contributed by atoms with van der Waals surface area (Å²) in [6, 6.07) is 7.56. The van der Waals surface area contributed by atoms with E-state index in [1.54, 1.807) is 12.3 Å². The minimum absolute atomic E-state index is 0.0136. The molecule has 0 fully saturated rings. The Morgan fingerprint density at radius 2 is 1.43 bits per heavy atom. The smallest absolute Gasteiger partial charge is 0.240 e. The summed E-state index contributed by atoms with van der Waals surface area (Å²) in [6.45, 7) is 6.38. The van der Waals surface area contributed by atoms with Gasteiger partial charge in [-0.05, 0) is 36.2 Å². The van der Waals surface area contributed by atoms with Gasteiger partial charge in [-0.3, -0.25) is 4.79 Å². The van der Waals surface area contributed by atoms with E-state index in [-0.39, 0.29) is 5.91 Å². The molecule has 168 valence electrons. The fraction of sp³-hybridized carbons (Fsp3) is 0.615. The van der Waals surface area contributed by atoms with Crippen molar-refractivity contribution in [2.24, 2.45) is 5.10 Å². The van der Waals surface area contributed by atoms with E-state index in [1.807, 2.05) is 24.3 Å². The summed E-state index contributed by atoms with van der Waals surface area (Å²) in [5.74, 6) is 0.777. The van der Waals surface area contributed by atoms with E-state index in [0.29, 0.717) is 13.0 Å². The lowest BCUT2D eigenvalue weighted by Gasteiger charge is -2.03. The van der Waals surface area contributed by atoms with Crippen LogP contribution in [-0.2, 0) is 4.79 Å². The predicted octanol–water partition coefficient (Wildman–Crippen LogP) is 7.18. The van der Waals surface area contributed by atoms with Crippen LogP contribution < -0.4 is 10.2 Å². The molecule has 0 atom stereocenters. The number of hydrazone groups is 1. The molecule has 1 aromatic rings. The number of unbranched alkanes of at least 4 members (excludes halogenated alkanes) is 12. The Hall–Kier alpha value is -2.10. The summed E-state index contributed by atoms with van der Waals surface area (Å²) >= 11 is 0. The molecule has 1 rings (SSSR count). The van der Waals surface area contributed by atoms with Gasteiger partial charge in [0.05, 0.1) is 6.21 Å². The molecule has 0 saturated heterocycles. The topological polar surface area (TPSA) is 50.7 Å². The van der Waals surface area contributed by atoms with Gasteiger partial charge in [0, 0.05) is 6.42 Å². The van der Waals surface area contributed by atoms with Crippen molar-refractivity contribution in [2.45, 2.75) is 96.8 Å². The first-order valence-electron chi connectivity index (χ1n) is 11.9. The molecule has 1 aromatic carbocycles. The quantitative estimate of drug-likeness (QED) is 0.113. The lowest BCUT2D eigenvalue weighted by molar-refractivity contribution is -0.121. The first kappa shape index (κ1) is 25.9. The van der Waals surface area contributed by atoms with Crippen LogP contribution in [0.2, 0.25) is 0 Å². The number of nitrogens with zero attached hydrogens (tertiary/aromatic N) is 1. The highest BCUT2D eigenvalue weighted by Crippen LogP contribution is 2.13. The van der Waals surface area contributed by atoms with Crippen molar-refractivity contribution in [2.75, 3.05) is 6.61 Å². The number of amides is 1. The van der Waals surface area contributed by atoms with Crippen LogP contribution in [0.4, 0.5) is 0 Å². The van der Waals surface area contributed by atoms with Gasteiger partial charge in [0.15, 0.2) is 0 Å². The summed E-state index contributed by atoms with van der Waals surface area (Å²) in [7, 11) is 0. The molecule has 4 heteroatoms. The van der Waals surface area contributed by atoms with Crippen LogP contribution in [0.5, 0.6) is 5.75 Å². The number of hydrogen-bond donors (Lipinski definition) is 1. The Morgan fingerprint density at radius 1 is 0.900 bits per heavy atom. The zero-order valence-corrected chi connectivity index (χ0v) is 19.0. The second-order valence-corrected chi connectivity index (χ2v) is 7.95. The van der Waals surface area contributed by atoms with Crippen molar-refractivity contribution in [1.82, 2.24) is 5.43 Å². The summed E-state index contributed by atoms with van der Waals surface area (Å²) in [6.07, 6.45) is 20.9. The van der Waals surface area contributed by atoms with Gasteiger partial charge in [-0.2, -0.15) is 5.10 Å². The zero-order valence-electron chi connectivity index (χ0n) is 19.0. The highest BCUT2D eigenvalue weighted by Gasteiger charge is 2.00. The number of carbonyl (C=O) groups excluding carboxylic acids is 1. The van der Waals surface area contributed by atoms with E-state index in [0.717, 1.165) is 24.2 Å². The van der Waals surface area contributed by atoms with Gasteiger partial charge in [-0.1, -0.05) is 96.6 Å². The SMILES string of the molecule is C=CCOc1ccc(/C=N\NC(=O)CCCCCCCCCCCCCCC)cc1. The standard InChI is InChI=1S/C26H42N2O2/c1-3-5-6-7-8-9-10-11-12-13-14-15-16-17-26(29)28-27-23-24-18-20-25(21-19-24)30-22-4-2/h4,18-21,23H,2-3,5-17,22H2,1H3,(H,28,29)/b27-23-. The third kappa shape index (κ3) is 14.8. The Labute approximate surface area is 184 Å². The van der Waals surface area contributed by atoms with Crippen LogP contribution in [0.1, 0.15) is 102 Å². The van der Waals surface area contributed by atoms with Gasteiger partial charge < -0.3 is 4.74 Å². The molecule has 4 nitrogen and oxygen atoms in total. The molecule has 0 aliphatic rings. The van der Waals surface area contributed by atoms with Crippen molar-refractivity contribution >= 4 is 12.1 Å². The fourth-order valence-corrected chi connectivity index (χ4v) is 3.34. The first-order valence-corrected chi connectivity index (χ1v) is 11.9. The van der Waals surface area contributed by atoms with Crippen LogP contribution in [0.15, 0.2) is 42.0 Å². The molecule has 0 aliphatic heterocycles. The van der Waals surface area contributed by atoms with E-state index in [9.17, 15) is 4.79 Å². The highest BCUT2D eigenvalue weighted by atomic mass is 16.5. The average molecular weight is 415 g/mol. The van der Waals surface area contributed by atoms with E-state index < -0.39 is 0 Å².